The van der Waals surface area contributed by atoms with Gasteiger partial charge in [-0.3, -0.25) is 4.79 Å². The Hall–Kier alpha value is -0.880. The Morgan fingerprint density at radius 1 is 1.05 bits per heavy atom. The first-order valence-corrected chi connectivity index (χ1v) is 7.34. The zero-order valence-electron chi connectivity index (χ0n) is 11.3. The van der Waals surface area contributed by atoms with E-state index >= 15 is 0 Å². The molecule has 21 heavy (non-hydrogen) atoms. The van der Waals surface area contributed by atoms with Crippen LogP contribution < -0.4 is 0 Å². The molecule has 2 bridgehead atoms. The number of hydrogen-bond donors (Lipinski definition) is 0. The lowest BCUT2D eigenvalue weighted by molar-refractivity contribution is -0.251. The summed E-state index contributed by atoms with van der Waals surface area (Å²) in [5.74, 6) is -0.379. The molecule has 6 atom stereocenters. The molecular formula is C14H17F5O2. The van der Waals surface area contributed by atoms with Gasteiger partial charge in [-0.1, -0.05) is 6.42 Å². The second-order valence-corrected chi connectivity index (χ2v) is 6.49. The van der Waals surface area contributed by atoms with Gasteiger partial charge in [-0.15, -0.1) is 0 Å². The number of ether oxygens (including phenoxy) is 1. The number of hydrogen-bond acceptors (Lipinski definition) is 2. The van der Waals surface area contributed by atoms with Gasteiger partial charge in [-0.2, -0.15) is 13.2 Å². The fourth-order valence-corrected chi connectivity index (χ4v) is 4.81. The predicted octanol–water partition coefficient (Wildman–Crippen LogP) is 3.80. The van der Waals surface area contributed by atoms with Crippen LogP contribution in [0.25, 0.3) is 0 Å². The molecule has 0 spiro atoms. The third kappa shape index (κ3) is 2.52. The van der Waals surface area contributed by atoms with Crippen LogP contribution in [0.2, 0.25) is 0 Å². The molecule has 3 fully saturated rings. The fourth-order valence-electron chi connectivity index (χ4n) is 4.81. The van der Waals surface area contributed by atoms with Crippen molar-refractivity contribution in [1.82, 2.24) is 0 Å². The number of carbonyl (C=O) groups is 1. The number of alkyl halides is 5. The monoisotopic (exact) mass is 312 g/mol. The highest BCUT2D eigenvalue weighted by Crippen LogP contribution is 2.61. The van der Waals surface area contributed by atoms with Crippen molar-refractivity contribution in [3.8, 4) is 0 Å². The molecular weight excluding hydrogens is 295 g/mol. The molecule has 0 saturated heterocycles. The van der Waals surface area contributed by atoms with E-state index < -0.39 is 30.6 Å². The molecule has 3 saturated carbocycles. The third-order valence-corrected chi connectivity index (χ3v) is 5.53. The Labute approximate surface area is 119 Å². The van der Waals surface area contributed by atoms with Crippen LogP contribution >= 0.6 is 0 Å². The standard InChI is InChI=1S/C14H17F5O2/c15-12(16)11(14(17,18)19)21-13(20)10-5-6-4-9(10)8-3-1-2-7(6)8/h6-12H,1-5H2. The summed E-state index contributed by atoms with van der Waals surface area (Å²) in [6, 6.07) is 0. The van der Waals surface area contributed by atoms with Gasteiger partial charge < -0.3 is 4.74 Å². The number of fused-ring (bicyclic) bond motifs is 5. The summed E-state index contributed by atoms with van der Waals surface area (Å²) < 4.78 is 66.4. The lowest BCUT2D eigenvalue weighted by Crippen LogP contribution is -2.42. The van der Waals surface area contributed by atoms with Gasteiger partial charge in [0.2, 0.25) is 0 Å². The smallest absolute Gasteiger partial charge is 0.431 e. The zero-order valence-corrected chi connectivity index (χ0v) is 11.3. The first kappa shape index (κ1) is 15.0. The largest absolute Gasteiger partial charge is 0.446 e. The van der Waals surface area contributed by atoms with Gasteiger partial charge in [0.25, 0.3) is 12.5 Å². The Morgan fingerprint density at radius 3 is 2.33 bits per heavy atom. The number of carbonyl (C=O) groups excluding carboxylic acids is 1. The van der Waals surface area contributed by atoms with Crippen molar-refractivity contribution in [1.29, 1.82) is 0 Å². The molecule has 0 aromatic carbocycles. The molecule has 0 aromatic heterocycles. The van der Waals surface area contributed by atoms with Crippen LogP contribution in [0.3, 0.4) is 0 Å². The van der Waals surface area contributed by atoms with Gasteiger partial charge in [0.15, 0.2) is 0 Å². The van der Waals surface area contributed by atoms with Crippen molar-refractivity contribution in [2.24, 2.45) is 29.6 Å². The maximum absolute atomic E-state index is 12.5. The van der Waals surface area contributed by atoms with Crippen molar-refractivity contribution < 1.29 is 31.5 Å². The molecule has 0 heterocycles. The van der Waals surface area contributed by atoms with Gasteiger partial charge in [0, 0.05) is 0 Å². The van der Waals surface area contributed by atoms with E-state index in [0.29, 0.717) is 24.2 Å². The third-order valence-electron chi connectivity index (χ3n) is 5.53. The summed E-state index contributed by atoms with van der Waals surface area (Å²) >= 11 is 0. The highest BCUT2D eigenvalue weighted by atomic mass is 19.4. The highest BCUT2D eigenvalue weighted by molar-refractivity contribution is 5.74. The van der Waals surface area contributed by atoms with Crippen LogP contribution in [0.4, 0.5) is 22.0 Å². The molecule has 3 aliphatic rings. The van der Waals surface area contributed by atoms with E-state index in [-0.39, 0.29) is 5.92 Å². The Kier molecular flexibility index (Phi) is 3.64. The minimum Gasteiger partial charge on any atom is -0.446 e. The van der Waals surface area contributed by atoms with Crippen LogP contribution in [0.5, 0.6) is 0 Å². The van der Waals surface area contributed by atoms with Crippen LogP contribution in [0.15, 0.2) is 0 Å². The van der Waals surface area contributed by atoms with Crippen molar-refractivity contribution in [2.75, 3.05) is 0 Å². The molecule has 0 N–H and O–H groups in total. The van der Waals surface area contributed by atoms with E-state index in [4.69, 9.17) is 0 Å². The first-order valence-electron chi connectivity index (χ1n) is 7.34. The van der Waals surface area contributed by atoms with Gasteiger partial charge in [-0.25, -0.2) is 8.78 Å². The van der Waals surface area contributed by atoms with Crippen LogP contribution in [-0.2, 0) is 9.53 Å². The van der Waals surface area contributed by atoms with Gasteiger partial charge in [0.1, 0.15) is 0 Å². The predicted molar refractivity (Wildman–Crippen MR) is 62.5 cm³/mol. The lowest BCUT2D eigenvalue weighted by atomic mass is 9.76. The molecule has 120 valence electrons. The summed E-state index contributed by atoms with van der Waals surface area (Å²) in [4.78, 5) is 11.9. The fraction of sp³-hybridized carbons (Fsp3) is 0.929. The van der Waals surface area contributed by atoms with Crippen LogP contribution in [0, 0.1) is 29.6 Å². The van der Waals surface area contributed by atoms with Crippen molar-refractivity contribution in [2.45, 2.75) is 50.8 Å². The number of rotatable bonds is 3. The molecule has 3 aliphatic carbocycles. The highest BCUT2D eigenvalue weighted by Gasteiger charge is 2.57. The number of halogens is 5. The van der Waals surface area contributed by atoms with E-state index in [9.17, 15) is 26.7 Å². The molecule has 6 unspecified atom stereocenters. The molecule has 0 aromatic rings. The normalized spacial score (nSPS) is 39.6. The molecule has 0 aliphatic heterocycles. The average Bonchev–Trinajstić information content (AvgIpc) is 3.04. The van der Waals surface area contributed by atoms with E-state index in [1.54, 1.807) is 0 Å². The summed E-state index contributed by atoms with van der Waals surface area (Å²) in [7, 11) is 0. The molecule has 0 radical (unpaired) electrons. The van der Waals surface area contributed by atoms with Crippen molar-refractivity contribution >= 4 is 5.97 Å². The summed E-state index contributed by atoms with van der Waals surface area (Å²) in [6.45, 7) is 0. The summed E-state index contributed by atoms with van der Waals surface area (Å²) in [5, 5.41) is 0. The summed E-state index contributed by atoms with van der Waals surface area (Å²) in [5.41, 5.74) is 0. The van der Waals surface area contributed by atoms with Crippen LogP contribution in [0.1, 0.15) is 32.1 Å². The Morgan fingerprint density at radius 2 is 1.71 bits per heavy atom. The van der Waals surface area contributed by atoms with Crippen molar-refractivity contribution in [3.63, 3.8) is 0 Å². The minimum absolute atomic E-state index is 0.0292. The average molecular weight is 312 g/mol. The van der Waals surface area contributed by atoms with Gasteiger partial charge in [0.05, 0.1) is 5.92 Å². The maximum atomic E-state index is 12.5. The zero-order chi connectivity index (χ0) is 15.4. The first-order chi connectivity index (χ1) is 9.79. The Bertz CT molecular complexity index is 422. The SMILES string of the molecule is O=C(OC(C(F)F)C(F)(F)F)C1CC2CC1C1CCCC21. The molecule has 0 amide bonds. The van der Waals surface area contributed by atoms with E-state index in [1.807, 2.05) is 0 Å². The van der Waals surface area contributed by atoms with E-state index in [2.05, 4.69) is 4.74 Å². The summed E-state index contributed by atoms with van der Waals surface area (Å²) in [6.07, 6.45) is -7.73. The minimum atomic E-state index is -5.22. The second-order valence-electron chi connectivity index (χ2n) is 6.49. The second kappa shape index (κ2) is 5.09. The van der Waals surface area contributed by atoms with E-state index in [0.717, 1.165) is 25.7 Å². The number of esters is 1. The quantitative estimate of drug-likeness (QED) is 0.585. The van der Waals surface area contributed by atoms with E-state index in [1.165, 1.54) is 0 Å². The molecule has 3 rings (SSSR count). The molecule has 7 heteroatoms. The lowest BCUT2D eigenvalue weighted by Gasteiger charge is -2.31. The molecule has 2 nitrogen and oxygen atoms in total. The van der Waals surface area contributed by atoms with Crippen molar-refractivity contribution in [3.05, 3.63) is 0 Å². The van der Waals surface area contributed by atoms with Gasteiger partial charge in [-0.05, 0) is 49.4 Å². The van der Waals surface area contributed by atoms with Gasteiger partial charge >= 0.3 is 12.1 Å². The van der Waals surface area contributed by atoms with Crippen LogP contribution in [-0.4, -0.2) is 24.7 Å². The topological polar surface area (TPSA) is 26.3 Å². The maximum Gasteiger partial charge on any atom is 0.431 e. The Balaban J connectivity index is 1.67.